The fourth-order valence-corrected chi connectivity index (χ4v) is 2.41. The maximum Gasteiger partial charge on any atom is 0.279 e. The molecule has 2 rings (SSSR count). The first-order valence-corrected chi connectivity index (χ1v) is 8.93. The Labute approximate surface area is 159 Å². The van der Waals surface area contributed by atoms with Crippen LogP contribution in [0.25, 0.3) is 0 Å². The van der Waals surface area contributed by atoms with Crippen molar-refractivity contribution in [3.05, 3.63) is 59.2 Å². The number of hydrazine groups is 1. The van der Waals surface area contributed by atoms with Crippen LogP contribution in [0.1, 0.15) is 30.5 Å². The van der Waals surface area contributed by atoms with Crippen molar-refractivity contribution in [2.45, 2.75) is 40.2 Å². The zero-order valence-electron chi connectivity index (χ0n) is 16.2. The topological polar surface area (TPSA) is 76.7 Å². The number of aryl methyl sites for hydroxylation is 2. The van der Waals surface area contributed by atoms with E-state index in [2.05, 4.69) is 10.9 Å². The summed E-state index contributed by atoms with van der Waals surface area (Å²) in [6, 6.07) is 12.8. The lowest BCUT2D eigenvalue weighted by Gasteiger charge is -2.15. The minimum atomic E-state index is -0.759. The maximum absolute atomic E-state index is 12.1. The first-order valence-electron chi connectivity index (χ1n) is 8.93. The molecule has 1 atom stereocenters. The van der Waals surface area contributed by atoms with Gasteiger partial charge in [-0.3, -0.25) is 20.4 Å². The summed E-state index contributed by atoms with van der Waals surface area (Å²) in [6.45, 7) is 8.12. The zero-order chi connectivity index (χ0) is 19.8. The molecule has 2 aromatic carbocycles. The van der Waals surface area contributed by atoms with Crippen molar-refractivity contribution >= 4 is 11.8 Å². The van der Waals surface area contributed by atoms with Gasteiger partial charge >= 0.3 is 0 Å². The van der Waals surface area contributed by atoms with Gasteiger partial charge in [0.1, 0.15) is 11.5 Å². The van der Waals surface area contributed by atoms with Crippen LogP contribution in [0.15, 0.2) is 42.5 Å². The standard InChI is InChI=1S/C21H26N2O4/c1-5-26-18-8-10-19(11-9-18)27-16(4)21(25)23-22-20(24)13-17-7-6-14(2)15(3)12-17/h6-12,16H,5,13H2,1-4H3,(H,22,24)(H,23,25)/t16-/m1/s1. The smallest absolute Gasteiger partial charge is 0.279 e. The average molecular weight is 370 g/mol. The Bertz CT molecular complexity index is 787. The van der Waals surface area contributed by atoms with E-state index in [9.17, 15) is 9.59 Å². The van der Waals surface area contributed by atoms with Gasteiger partial charge in [0, 0.05) is 0 Å². The third kappa shape index (κ3) is 6.33. The Morgan fingerprint density at radius 3 is 2.26 bits per heavy atom. The number of amides is 2. The van der Waals surface area contributed by atoms with E-state index in [4.69, 9.17) is 9.47 Å². The largest absolute Gasteiger partial charge is 0.494 e. The first-order chi connectivity index (χ1) is 12.9. The van der Waals surface area contributed by atoms with Crippen molar-refractivity contribution in [2.24, 2.45) is 0 Å². The maximum atomic E-state index is 12.1. The Balaban J connectivity index is 1.79. The summed E-state index contributed by atoms with van der Waals surface area (Å²) in [4.78, 5) is 24.1. The van der Waals surface area contributed by atoms with Crippen LogP contribution in [-0.2, 0) is 16.0 Å². The molecule has 0 aliphatic heterocycles. The molecule has 2 N–H and O–H groups in total. The predicted octanol–water partition coefficient (Wildman–Crippen LogP) is 2.86. The second-order valence-electron chi connectivity index (χ2n) is 6.30. The molecule has 0 unspecified atom stereocenters. The van der Waals surface area contributed by atoms with E-state index in [1.807, 2.05) is 39.0 Å². The molecular formula is C21H26N2O4. The summed E-state index contributed by atoms with van der Waals surface area (Å²) in [7, 11) is 0. The number of rotatable bonds is 7. The molecular weight excluding hydrogens is 344 g/mol. The molecule has 0 spiro atoms. The zero-order valence-corrected chi connectivity index (χ0v) is 16.2. The highest BCUT2D eigenvalue weighted by Crippen LogP contribution is 2.18. The molecule has 0 bridgehead atoms. The van der Waals surface area contributed by atoms with Crippen molar-refractivity contribution in [3.63, 3.8) is 0 Å². The lowest BCUT2D eigenvalue weighted by molar-refractivity contribution is -0.132. The van der Waals surface area contributed by atoms with E-state index in [-0.39, 0.29) is 12.3 Å². The van der Waals surface area contributed by atoms with Gasteiger partial charge in [0.25, 0.3) is 5.91 Å². The van der Waals surface area contributed by atoms with E-state index >= 15 is 0 Å². The SMILES string of the molecule is CCOc1ccc(O[C@H](C)C(=O)NNC(=O)Cc2ccc(C)c(C)c2)cc1. The minimum absolute atomic E-state index is 0.190. The van der Waals surface area contributed by atoms with E-state index in [1.165, 1.54) is 5.56 Å². The summed E-state index contributed by atoms with van der Waals surface area (Å²) in [5.41, 5.74) is 8.00. The van der Waals surface area contributed by atoms with Crippen molar-refractivity contribution < 1.29 is 19.1 Å². The number of hydrogen-bond donors (Lipinski definition) is 2. The molecule has 144 valence electrons. The molecule has 0 radical (unpaired) electrons. The summed E-state index contributed by atoms with van der Waals surface area (Å²) in [6.07, 6.45) is -0.569. The molecule has 0 aliphatic rings. The molecule has 2 aromatic rings. The van der Waals surface area contributed by atoms with Crippen molar-refractivity contribution in [2.75, 3.05) is 6.61 Å². The lowest BCUT2D eigenvalue weighted by atomic mass is 10.0. The van der Waals surface area contributed by atoms with Crippen LogP contribution in [0.3, 0.4) is 0 Å². The van der Waals surface area contributed by atoms with E-state index in [0.29, 0.717) is 12.4 Å². The van der Waals surface area contributed by atoms with Gasteiger partial charge in [-0.15, -0.1) is 0 Å². The van der Waals surface area contributed by atoms with Crippen molar-refractivity contribution in [1.29, 1.82) is 0 Å². The molecule has 0 saturated heterocycles. The Kier molecular flexibility index (Phi) is 7.23. The Morgan fingerprint density at radius 2 is 1.63 bits per heavy atom. The highest BCUT2D eigenvalue weighted by atomic mass is 16.5. The van der Waals surface area contributed by atoms with Crippen LogP contribution in [0.5, 0.6) is 11.5 Å². The lowest BCUT2D eigenvalue weighted by Crippen LogP contribution is -2.47. The van der Waals surface area contributed by atoms with Gasteiger partial charge in [-0.1, -0.05) is 18.2 Å². The fourth-order valence-electron chi connectivity index (χ4n) is 2.41. The van der Waals surface area contributed by atoms with Crippen LogP contribution in [0.2, 0.25) is 0 Å². The van der Waals surface area contributed by atoms with Gasteiger partial charge in [0.2, 0.25) is 5.91 Å². The second kappa shape index (κ2) is 9.62. The molecule has 0 aromatic heterocycles. The van der Waals surface area contributed by atoms with Crippen LogP contribution in [0, 0.1) is 13.8 Å². The van der Waals surface area contributed by atoms with Crippen LogP contribution >= 0.6 is 0 Å². The van der Waals surface area contributed by atoms with Gasteiger partial charge < -0.3 is 9.47 Å². The van der Waals surface area contributed by atoms with Crippen molar-refractivity contribution in [1.82, 2.24) is 10.9 Å². The fraction of sp³-hybridized carbons (Fsp3) is 0.333. The highest BCUT2D eigenvalue weighted by Gasteiger charge is 2.15. The third-order valence-corrected chi connectivity index (χ3v) is 4.08. The van der Waals surface area contributed by atoms with E-state index < -0.39 is 12.0 Å². The average Bonchev–Trinajstić information content (AvgIpc) is 2.64. The van der Waals surface area contributed by atoms with Crippen LogP contribution < -0.4 is 20.3 Å². The predicted molar refractivity (Wildman–Crippen MR) is 104 cm³/mol. The summed E-state index contributed by atoms with van der Waals surface area (Å²) in [5.74, 6) is 0.556. The molecule has 2 amide bonds. The number of nitrogens with one attached hydrogen (secondary N) is 2. The number of hydrogen-bond acceptors (Lipinski definition) is 4. The number of ether oxygens (including phenoxy) is 2. The van der Waals surface area contributed by atoms with E-state index in [0.717, 1.165) is 16.9 Å². The molecule has 0 heterocycles. The van der Waals surface area contributed by atoms with Gasteiger partial charge in [-0.25, -0.2) is 0 Å². The van der Waals surface area contributed by atoms with Gasteiger partial charge in [-0.05, 0) is 68.7 Å². The summed E-state index contributed by atoms with van der Waals surface area (Å²) >= 11 is 0. The summed E-state index contributed by atoms with van der Waals surface area (Å²) < 4.78 is 10.9. The van der Waals surface area contributed by atoms with Gasteiger partial charge in [0.15, 0.2) is 6.10 Å². The Hall–Kier alpha value is -3.02. The normalized spacial score (nSPS) is 11.4. The van der Waals surface area contributed by atoms with E-state index in [1.54, 1.807) is 31.2 Å². The van der Waals surface area contributed by atoms with Gasteiger partial charge in [-0.2, -0.15) is 0 Å². The summed E-state index contributed by atoms with van der Waals surface area (Å²) in [5, 5.41) is 0. The molecule has 0 aliphatic carbocycles. The molecule has 0 saturated carbocycles. The van der Waals surface area contributed by atoms with Gasteiger partial charge in [0.05, 0.1) is 13.0 Å². The minimum Gasteiger partial charge on any atom is -0.494 e. The first kappa shape index (κ1) is 20.3. The molecule has 6 nitrogen and oxygen atoms in total. The highest BCUT2D eigenvalue weighted by molar-refractivity contribution is 5.85. The molecule has 0 fully saturated rings. The second-order valence-corrected chi connectivity index (χ2v) is 6.30. The number of carbonyl (C=O) groups is 2. The number of carbonyl (C=O) groups excluding carboxylic acids is 2. The van der Waals surface area contributed by atoms with Crippen LogP contribution in [0.4, 0.5) is 0 Å². The molecule has 27 heavy (non-hydrogen) atoms. The third-order valence-electron chi connectivity index (χ3n) is 4.08. The number of benzene rings is 2. The van der Waals surface area contributed by atoms with Crippen LogP contribution in [-0.4, -0.2) is 24.5 Å². The Morgan fingerprint density at radius 1 is 0.963 bits per heavy atom. The molecule has 6 heteroatoms. The quantitative estimate of drug-likeness (QED) is 0.735. The van der Waals surface area contributed by atoms with Crippen molar-refractivity contribution in [3.8, 4) is 11.5 Å². The monoisotopic (exact) mass is 370 g/mol.